The van der Waals surface area contributed by atoms with Crippen molar-refractivity contribution in [1.29, 1.82) is 0 Å². The lowest BCUT2D eigenvalue weighted by atomic mass is 10.2. The summed E-state index contributed by atoms with van der Waals surface area (Å²) in [6, 6.07) is 1.73. The SMILES string of the molecule is CCC(CCO)NS(=O)(=O)c1cc([N+](=O)[O-])ccc1F. The second-order valence-electron chi connectivity index (χ2n) is 4.11. The minimum Gasteiger partial charge on any atom is -0.396 e. The van der Waals surface area contributed by atoms with Gasteiger partial charge in [-0.3, -0.25) is 10.1 Å². The van der Waals surface area contributed by atoms with Crippen LogP contribution in [0.15, 0.2) is 23.1 Å². The Morgan fingerprint density at radius 1 is 1.50 bits per heavy atom. The van der Waals surface area contributed by atoms with Gasteiger partial charge in [0.25, 0.3) is 5.69 Å². The first-order valence-electron chi connectivity index (χ1n) is 5.89. The van der Waals surface area contributed by atoms with E-state index < -0.39 is 37.4 Å². The smallest absolute Gasteiger partial charge is 0.270 e. The second-order valence-corrected chi connectivity index (χ2v) is 5.79. The van der Waals surface area contributed by atoms with E-state index in [1.165, 1.54) is 0 Å². The standard InChI is InChI=1S/C11H15FN2O5S/c1-2-8(5-6-15)13-20(18,19)11-7-9(14(16)17)3-4-10(11)12/h3-4,7-8,13,15H,2,5-6H2,1H3. The highest BCUT2D eigenvalue weighted by molar-refractivity contribution is 7.89. The summed E-state index contributed by atoms with van der Waals surface area (Å²) < 4.78 is 39.8. The lowest BCUT2D eigenvalue weighted by Gasteiger charge is -2.16. The highest BCUT2D eigenvalue weighted by Gasteiger charge is 2.24. The number of nitrogens with zero attached hydrogens (tertiary/aromatic N) is 1. The first-order chi connectivity index (χ1) is 9.31. The van der Waals surface area contributed by atoms with Gasteiger partial charge in [0.1, 0.15) is 10.7 Å². The van der Waals surface area contributed by atoms with Gasteiger partial charge in [-0.15, -0.1) is 0 Å². The maximum atomic E-state index is 13.6. The van der Waals surface area contributed by atoms with Crippen LogP contribution < -0.4 is 4.72 Å². The quantitative estimate of drug-likeness (QED) is 0.580. The molecule has 0 spiro atoms. The lowest BCUT2D eigenvalue weighted by Crippen LogP contribution is -2.35. The topological polar surface area (TPSA) is 110 Å². The molecule has 0 aliphatic rings. The van der Waals surface area contributed by atoms with Crippen molar-refractivity contribution in [2.75, 3.05) is 6.61 Å². The third-order valence-electron chi connectivity index (χ3n) is 2.71. The minimum absolute atomic E-state index is 0.173. The van der Waals surface area contributed by atoms with Gasteiger partial charge in [0.15, 0.2) is 0 Å². The largest absolute Gasteiger partial charge is 0.396 e. The van der Waals surface area contributed by atoms with Crippen LogP contribution in [0, 0.1) is 15.9 Å². The summed E-state index contributed by atoms with van der Waals surface area (Å²) in [6.45, 7) is 1.48. The van der Waals surface area contributed by atoms with Crippen LogP contribution in [0.3, 0.4) is 0 Å². The van der Waals surface area contributed by atoms with Crippen molar-refractivity contribution >= 4 is 15.7 Å². The molecule has 1 aromatic carbocycles. The molecule has 0 fully saturated rings. The Morgan fingerprint density at radius 3 is 2.65 bits per heavy atom. The Morgan fingerprint density at radius 2 is 2.15 bits per heavy atom. The molecule has 0 bridgehead atoms. The van der Waals surface area contributed by atoms with Crippen LogP contribution in [0.1, 0.15) is 19.8 Å². The molecule has 0 heterocycles. The number of nitrogens with one attached hydrogen (secondary N) is 1. The average molecular weight is 306 g/mol. The third kappa shape index (κ3) is 3.95. The van der Waals surface area contributed by atoms with Crippen LogP contribution >= 0.6 is 0 Å². The van der Waals surface area contributed by atoms with Crippen molar-refractivity contribution < 1.29 is 22.8 Å². The maximum absolute atomic E-state index is 13.6. The fraction of sp³-hybridized carbons (Fsp3) is 0.455. The molecule has 9 heteroatoms. The Kier molecular flexibility index (Phi) is 5.54. The van der Waals surface area contributed by atoms with Crippen molar-refractivity contribution in [3.05, 3.63) is 34.1 Å². The van der Waals surface area contributed by atoms with Gasteiger partial charge in [-0.2, -0.15) is 0 Å². The molecule has 0 saturated carbocycles. The lowest BCUT2D eigenvalue weighted by molar-refractivity contribution is -0.385. The van der Waals surface area contributed by atoms with Crippen molar-refractivity contribution in [3.8, 4) is 0 Å². The van der Waals surface area contributed by atoms with Crippen LogP contribution in [0.5, 0.6) is 0 Å². The molecule has 1 aromatic rings. The van der Waals surface area contributed by atoms with E-state index in [2.05, 4.69) is 4.72 Å². The summed E-state index contributed by atoms with van der Waals surface area (Å²) in [5.74, 6) is -1.07. The van der Waals surface area contributed by atoms with Crippen LogP contribution in [0.2, 0.25) is 0 Å². The Bertz CT molecular complexity index is 590. The molecule has 0 aliphatic carbocycles. The van der Waals surface area contributed by atoms with E-state index in [0.29, 0.717) is 12.5 Å². The maximum Gasteiger partial charge on any atom is 0.270 e. The van der Waals surface area contributed by atoms with Crippen molar-refractivity contribution in [1.82, 2.24) is 4.72 Å². The van der Waals surface area contributed by atoms with E-state index >= 15 is 0 Å². The van der Waals surface area contributed by atoms with Gasteiger partial charge in [-0.25, -0.2) is 17.5 Å². The van der Waals surface area contributed by atoms with Crippen LogP contribution in [0.25, 0.3) is 0 Å². The van der Waals surface area contributed by atoms with E-state index in [1.54, 1.807) is 6.92 Å². The summed E-state index contributed by atoms with van der Waals surface area (Å²) in [4.78, 5) is 9.03. The number of halogens is 1. The molecule has 1 rings (SSSR count). The molecule has 7 nitrogen and oxygen atoms in total. The Balaban J connectivity index is 3.14. The van der Waals surface area contributed by atoms with E-state index in [0.717, 1.165) is 12.1 Å². The summed E-state index contributed by atoms with van der Waals surface area (Å²) in [6.07, 6.45) is 0.572. The fourth-order valence-electron chi connectivity index (χ4n) is 1.60. The van der Waals surface area contributed by atoms with Gasteiger partial charge >= 0.3 is 0 Å². The van der Waals surface area contributed by atoms with Crippen LogP contribution in [-0.2, 0) is 10.0 Å². The van der Waals surface area contributed by atoms with Gasteiger partial charge in [0.05, 0.1) is 4.92 Å². The Hall–Kier alpha value is -1.58. The molecule has 112 valence electrons. The number of nitro benzene ring substituents is 1. The zero-order valence-corrected chi connectivity index (χ0v) is 11.6. The van der Waals surface area contributed by atoms with E-state index in [4.69, 9.17) is 5.11 Å². The molecule has 0 aromatic heterocycles. The monoisotopic (exact) mass is 306 g/mol. The molecule has 1 atom stereocenters. The number of aliphatic hydroxyl groups is 1. The summed E-state index contributed by atoms with van der Waals surface area (Å²) in [5, 5.41) is 19.4. The molecule has 0 amide bonds. The molecular formula is C11H15FN2O5S. The van der Waals surface area contributed by atoms with E-state index in [1.807, 2.05) is 0 Å². The molecule has 1 unspecified atom stereocenters. The molecule has 2 N–H and O–H groups in total. The summed E-state index contributed by atoms with van der Waals surface area (Å²) >= 11 is 0. The highest BCUT2D eigenvalue weighted by Crippen LogP contribution is 2.21. The predicted octanol–water partition coefficient (Wildman–Crippen LogP) is 1.17. The van der Waals surface area contributed by atoms with Gasteiger partial charge < -0.3 is 5.11 Å². The third-order valence-corrected chi connectivity index (χ3v) is 4.24. The Labute approximate surface area is 115 Å². The fourth-order valence-corrected chi connectivity index (χ4v) is 3.05. The zero-order chi connectivity index (χ0) is 15.3. The van der Waals surface area contributed by atoms with Crippen molar-refractivity contribution in [3.63, 3.8) is 0 Å². The highest BCUT2D eigenvalue weighted by atomic mass is 32.2. The molecule has 0 saturated heterocycles. The van der Waals surface area contributed by atoms with Gasteiger partial charge in [0.2, 0.25) is 10.0 Å². The van der Waals surface area contributed by atoms with Crippen molar-refractivity contribution in [2.24, 2.45) is 0 Å². The van der Waals surface area contributed by atoms with E-state index in [-0.39, 0.29) is 13.0 Å². The first kappa shape index (κ1) is 16.5. The first-order valence-corrected chi connectivity index (χ1v) is 7.37. The number of rotatable bonds is 7. The van der Waals surface area contributed by atoms with E-state index in [9.17, 15) is 22.9 Å². The van der Waals surface area contributed by atoms with Gasteiger partial charge in [-0.1, -0.05) is 6.92 Å². The number of hydrogen-bond acceptors (Lipinski definition) is 5. The number of benzene rings is 1. The summed E-state index contributed by atoms with van der Waals surface area (Å²) in [7, 11) is -4.22. The summed E-state index contributed by atoms with van der Waals surface area (Å²) in [5.41, 5.74) is -0.512. The number of non-ortho nitro benzene ring substituents is 1. The molecule has 20 heavy (non-hydrogen) atoms. The number of sulfonamides is 1. The number of aliphatic hydroxyl groups excluding tert-OH is 1. The van der Waals surface area contributed by atoms with Crippen LogP contribution in [0.4, 0.5) is 10.1 Å². The average Bonchev–Trinajstić information content (AvgIpc) is 2.37. The molecule has 0 aliphatic heterocycles. The number of nitro groups is 1. The van der Waals surface area contributed by atoms with Crippen molar-refractivity contribution in [2.45, 2.75) is 30.7 Å². The molecular weight excluding hydrogens is 291 g/mol. The molecule has 0 radical (unpaired) electrons. The normalized spacial score (nSPS) is 13.2. The predicted molar refractivity (Wildman–Crippen MR) is 69.2 cm³/mol. The minimum atomic E-state index is -4.22. The van der Waals surface area contributed by atoms with Gasteiger partial charge in [-0.05, 0) is 18.9 Å². The number of hydrogen-bond donors (Lipinski definition) is 2. The van der Waals surface area contributed by atoms with Gasteiger partial charge in [0, 0.05) is 24.8 Å². The zero-order valence-electron chi connectivity index (χ0n) is 10.7. The van der Waals surface area contributed by atoms with Crippen LogP contribution in [-0.4, -0.2) is 31.1 Å². The second kappa shape index (κ2) is 6.73.